The molecule has 0 aromatic rings. The van der Waals surface area contributed by atoms with Crippen LogP contribution in [0.3, 0.4) is 0 Å². The number of nitrogens with one attached hydrogen (secondary N) is 1. The molecule has 1 atom stereocenters. The Morgan fingerprint density at radius 2 is 1.80 bits per heavy atom. The van der Waals surface area contributed by atoms with E-state index in [0.29, 0.717) is 11.5 Å². The highest BCUT2D eigenvalue weighted by molar-refractivity contribution is 4.90. The van der Waals surface area contributed by atoms with Gasteiger partial charge in [0.2, 0.25) is 0 Å². The zero-order valence-corrected chi connectivity index (χ0v) is 14.5. The van der Waals surface area contributed by atoms with Crippen molar-refractivity contribution in [2.45, 2.75) is 58.9 Å². The van der Waals surface area contributed by atoms with Crippen molar-refractivity contribution in [2.24, 2.45) is 5.41 Å². The number of hydrogen-bond donors (Lipinski definition) is 1. The van der Waals surface area contributed by atoms with Gasteiger partial charge in [-0.05, 0) is 58.8 Å². The molecule has 0 aliphatic heterocycles. The van der Waals surface area contributed by atoms with E-state index in [1.165, 1.54) is 58.3 Å². The van der Waals surface area contributed by atoms with Gasteiger partial charge in [-0.25, -0.2) is 0 Å². The Hall–Kier alpha value is -0.120. The molecule has 0 heterocycles. The van der Waals surface area contributed by atoms with Gasteiger partial charge in [-0.1, -0.05) is 26.7 Å². The van der Waals surface area contributed by atoms with E-state index in [0.717, 1.165) is 6.54 Å². The molecule has 0 bridgehead atoms. The lowest BCUT2D eigenvalue weighted by Gasteiger charge is -2.39. The summed E-state index contributed by atoms with van der Waals surface area (Å²) in [6.45, 7) is 12.9. The molecular formula is C17H37N3. The van der Waals surface area contributed by atoms with Crippen LogP contribution >= 0.6 is 0 Å². The molecule has 1 aliphatic carbocycles. The minimum Gasteiger partial charge on any atom is -0.316 e. The first-order valence-electron chi connectivity index (χ1n) is 8.62. The molecule has 1 rings (SSSR count). The fourth-order valence-corrected chi connectivity index (χ4v) is 3.70. The molecule has 20 heavy (non-hydrogen) atoms. The van der Waals surface area contributed by atoms with Gasteiger partial charge in [0.25, 0.3) is 0 Å². The molecule has 1 saturated carbocycles. The smallest absolute Gasteiger partial charge is 0.0194 e. The number of likely N-dealkylation sites (N-methyl/N-ethyl adjacent to an activating group) is 2. The number of nitrogens with zero attached hydrogens (tertiary/aromatic N) is 2. The fourth-order valence-electron chi connectivity index (χ4n) is 3.70. The van der Waals surface area contributed by atoms with E-state index in [-0.39, 0.29) is 0 Å². The predicted molar refractivity (Wildman–Crippen MR) is 89.3 cm³/mol. The summed E-state index contributed by atoms with van der Waals surface area (Å²) in [7, 11) is 4.36. The summed E-state index contributed by atoms with van der Waals surface area (Å²) in [5.41, 5.74) is 0.533. The molecule has 1 N–H and O–H groups in total. The van der Waals surface area contributed by atoms with E-state index in [2.05, 4.69) is 50.0 Å². The van der Waals surface area contributed by atoms with Crippen molar-refractivity contribution in [3.05, 3.63) is 0 Å². The summed E-state index contributed by atoms with van der Waals surface area (Å²) in [5, 5.41) is 3.69. The molecular weight excluding hydrogens is 246 g/mol. The maximum atomic E-state index is 3.69. The Balaban J connectivity index is 2.57. The summed E-state index contributed by atoms with van der Waals surface area (Å²) in [6, 6.07) is 0.652. The van der Waals surface area contributed by atoms with E-state index in [9.17, 15) is 0 Å². The molecule has 3 heteroatoms. The van der Waals surface area contributed by atoms with Crippen molar-refractivity contribution in [2.75, 3.05) is 46.8 Å². The lowest BCUT2D eigenvalue weighted by Crippen LogP contribution is -2.48. The van der Waals surface area contributed by atoms with E-state index in [4.69, 9.17) is 0 Å². The maximum Gasteiger partial charge on any atom is 0.0194 e. The average molecular weight is 284 g/mol. The van der Waals surface area contributed by atoms with Gasteiger partial charge in [0.05, 0.1) is 0 Å². The second kappa shape index (κ2) is 9.01. The fraction of sp³-hybridized carbons (Fsp3) is 1.00. The Kier molecular flexibility index (Phi) is 8.08. The van der Waals surface area contributed by atoms with Crippen LogP contribution in [0, 0.1) is 5.41 Å². The van der Waals surface area contributed by atoms with Crippen LogP contribution in [0.2, 0.25) is 0 Å². The lowest BCUT2D eigenvalue weighted by molar-refractivity contribution is 0.106. The highest BCUT2D eigenvalue weighted by Gasteiger charge is 2.35. The molecule has 0 aromatic carbocycles. The normalized spacial score (nSPS) is 19.9. The molecule has 1 unspecified atom stereocenters. The van der Waals surface area contributed by atoms with Gasteiger partial charge >= 0.3 is 0 Å². The molecule has 0 aromatic heterocycles. The van der Waals surface area contributed by atoms with E-state index >= 15 is 0 Å². The van der Waals surface area contributed by atoms with Gasteiger partial charge in [0, 0.05) is 25.7 Å². The predicted octanol–water partition coefficient (Wildman–Crippen LogP) is 2.82. The van der Waals surface area contributed by atoms with E-state index in [1.807, 2.05) is 0 Å². The molecule has 0 saturated heterocycles. The van der Waals surface area contributed by atoms with E-state index in [1.54, 1.807) is 0 Å². The quantitative estimate of drug-likeness (QED) is 0.622. The third kappa shape index (κ3) is 5.71. The Morgan fingerprint density at radius 3 is 2.30 bits per heavy atom. The van der Waals surface area contributed by atoms with Gasteiger partial charge in [-0.15, -0.1) is 0 Å². The van der Waals surface area contributed by atoms with Gasteiger partial charge in [0.1, 0.15) is 0 Å². The summed E-state index contributed by atoms with van der Waals surface area (Å²) >= 11 is 0. The van der Waals surface area contributed by atoms with Crippen LogP contribution < -0.4 is 5.32 Å². The molecule has 3 nitrogen and oxygen atoms in total. The monoisotopic (exact) mass is 283 g/mol. The second-order valence-corrected chi connectivity index (χ2v) is 7.06. The van der Waals surface area contributed by atoms with Crippen molar-refractivity contribution < 1.29 is 0 Å². The van der Waals surface area contributed by atoms with Crippen molar-refractivity contribution in [3.63, 3.8) is 0 Å². The minimum absolute atomic E-state index is 0.533. The van der Waals surface area contributed by atoms with Crippen molar-refractivity contribution in [1.82, 2.24) is 15.1 Å². The zero-order chi connectivity index (χ0) is 15.0. The van der Waals surface area contributed by atoms with Crippen molar-refractivity contribution in [1.29, 1.82) is 0 Å². The Bertz CT molecular complexity index is 247. The molecule has 1 aliphatic rings. The SMILES string of the molecule is CCCNCC1(CN(CC)C(C)CN(C)C)CCCC1. The van der Waals surface area contributed by atoms with Crippen LogP contribution in [0.4, 0.5) is 0 Å². The topological polar surface area (TPSA) is 18.5 Å². The second-order valence-electron chi connectivity index (χ2n) is 7.06. The Morgan fingerprint density at radius 1 is 1.15 bits per heavy atom. The van der Waals surface area contributed by atoms with Gasteiger partial charge in [-0.3, -0.25) is 4.90 Å². The van der Waals surface area contributed by atoms with Gasteiger partial charge in [0.15, 0.2) is 0 Å². The van der Waals surface area contributed by atoms with Crippen LogP contribution in [0.5, 0.6) is 0 Å². The summed E-state index contributed by atoms with van der Waals surface area (Å²) in [5.74, 6) is 0. The molecule has 120 valence electrons. The summed E-state index contributed by atoms with van der Waals surface area (Å²) < 4.78 is 0. The largest absolute Gasteiger partial charge is 0.316 e. The maximum absolute atomic E-state index is 3.69. The van der Waals surface area contributed by atoms with Crippen molar-refractivity contribution in [3.8, 4) is 0 Å². The molecule has 0 spiro atoms. The molecule has 1 fully saturated rings. The first-order valence-corrected chi connectivity index (χ1v) is 8.62. The van der Waals surface area contributed by atoms with Gasteiger partial charge < -0.3 is 10.2 Å². The standard InChI is InChI=1S/C17H37N3/c1-6-12-18-14-17(10-8-9-11-17)15-20(7-2)16(3)13-19(4)5/h16,18H,6-15H2,1-5H3. The lowest BCUT2D eigenvalue weighted by atomic mass is 9.85. The van der Waals surface area contributed by atoms with Crippen LogP contribution in [-0.2, 0) is 0 Å². The van der Waals surface area contributed by atoms with Gasteiger partial charge in [-0.2, -0.15) is 0 Å². The number of hydrogen-bond acceptors (Lipinski definition) is 3. The highest BCUT2D eigenvalue weighted by atomic mass is 15.2. The minimum atomic E-state index is 0.533. The third-order valence-electron chi connectivity index (χ3n) is 4.79. The highest BCUT2D eigenvalue weighted by Crippen LogP contribution is 2.38. The average Bonchev–Trinajstić information content (AvgIpc) is 2.84. The van der Waals surface area contributed by atoms with Crippen LogP contribution in [0.15, 0.2) is 0 Å². The molecule has 0 radical (unpaired) electrons. The summed E-state index contributed by atoms with van der Waals surface area (Å²) in [4.78, 5) is 5.00. The van der Waals surface area contributed by atoms with Crippen LogP contribution in [0.1, 0.15) is 52.9 Å². The van der Waals surface area contributed by atoms with Crippen molar-refractivity contribution >= 4 is 0 Å². The van der Waals surface area contributed by atoms with Crippen LogP contribution in [0.25, 0.3) is 0 Å². The van der Waals surface area contributed by atoms with E-state index < -0.39 is 0 Å². The number of rotatable bonds is 10. The molecule has 0 amide bonds. The van der Waals surface area contributed by atoms with Crippen LogP contribution in [-0.4, -0.2) is 62.7 Å². The Labute approximate surface area is 127 Å². The third-order valence-corrected chi connectivity index (χ3v) is 4.79. The first kappa shape index (κ1) is 17.9. The summed E-state index contributed by atoms with van der Waals surface area (Å²) in [6.07, 6.45) is 6.91. The first-order chi connectivity index (χ1) is 9.53. The zero-order valence-electron chi connectivity index (χ0n) is 14.5.